The number of carbonyl (C=O) groups excluding carboxylic acids is 2. The van der Waals surface area contributed by atoms with Crippen molar-refractivity contribution in [2.45, 2.75) is 26.0 Å². The second kappa shape index (κ2) is 8.95. The number of carbonyl (C=O) groups is 2. The maximum atomic E-state index is 14.8. The Morgan fingerprint density at radius 1 is 1.32 bits per heavy atom. The van der Waals surface area contributed by atoms with Crippen LogP contribution in [0.15, 0.2) is 30.5 Å². The van der Waals surface area contributed by atoms with E-state index in [1.54, 1.807) is 0 Å². The van der Waals surface area contributed by atoms with Gasteiger partial charge in [-0.25, -0.2) is 23.5 Å². The fraction of sp³-hybridized carbons (Fsp3) is 0.273. The number of ether oxygens (including phenoxy) is 1. The highest BCUT2D eigenvalue weighted by atomic mass is 32.1. The molecule has 3 aromatic rings. The van der Waals surface area contributed by atoms with Crippen molar-refractivity contribution in [3.05, 3.63) is 59.0 Å². The second-order valence-corrected chi connectivity index (χ2v) is 9.16. The maximum absolute atomic E-state index is 14.8. The maximum Gasteiger partial charge on any atom is 0.410 e. The molecule has 0 spiro atoms. The molecule has 1 fully saturated rings. The molecule has 0 atom stereocenters. The van der Waals surface area contributed by atoms with E-state index in [0.29, 0.717) is 24.8 Å². The van der Waals surface area contributed by atoms with Crippen LogP contribution < -0.4 is 11.1 Å². The molecule has 1 aliphatic rings. The summed E-state index contributed by atoms with van der Waals surface area (Å²) in [5, 5.41) is 13.2. The van der Waals surface area contributed by atoms with Gasteiger partial charge in [-0.2, -0.15) is 0 Å². The molecule has 3 heterocycles. The normalized spacial score (nSPS) is 13.8. The molecular formula is C22H21F2N5O4S. The van der Waals surface area contributed by atoms with Crippen LogP contribution in [-0.4, -0.2) is 45.1 Å². The predicted octanol–water partition coefficient (Wildman–Crippen LogP) is 3.51. The van der Waals surface area contributed by atoms with E-state index in [1.165, 1.54) is 37.1 Å². The molecule has 2 aromatic heterocycles. The first kappa shape index (κ1) is 23.5. The van der Waals surface area contributed by atoms with Crippen molar-refractivity contribution in [1.82, 2.24) is 14.9 Å². The van der Waals surface area contributed by atoms with Gasteiger partial charge >= 0.3 is 6.09 Å². The molecule has 1 aliphatic heterocycles. The number of hydrogen-bond donors (Lipinski definition) is 3. The van der Waals surface area contributed by atoms with Gasteiger partial charge in [-0.3, -0.25) is 9.69 Å². The van der Waals surface area contributed by atoms with Crippen LogP contribution >= 0.6 is 11.3 Å². The average Bonchev–Trinajstić information content (AvgIpc) is 3.33. The standard InChI is InChI=1S/C22H21F2N5O4S/c1-22(2,32)11-7-13(23)18(14(24)8-11)15-9-12(19(25)30)20(34-15)28-16-3-4-26-17(27-16)10-29-5-6-33-21(29)31/h3-4,7-9,32H,5-6,10H2,1-2H3,(H2,25,30)(H,26,27,28). The van der Waals surface area contributed by atoms with E-state index in [0.717, 1.165) is 23.5 Å². The van der Waals surface area contributed by atoms with Crippen molar-refractivity contribution in [1.29, 1.82) is 0 Å². The number of aliphatic hydroxyl groups is 1. The summed E-state index contributed by atoms with van der Waals surface area (Å²) < 4.78 is 34.5. The summed E-state index contributed by atoms with van der Waals surface area (Å²) in [6.45, 7) is 3.68. The lowest BCUT2D eigenvalue weighted by molar-refractivity contribution is 0.0778. The zero-order valence-electron chi connectivity index (χ0n) is 18.3. The minimum absolute atomic E-state index is 0.0219. The van der Waals surface area contributed by atoms with Crippen molar-refractivity contribution >= 4 is 34.2 Å². The molecule has 1 aromatic carbocycles. The SMILES string of the molecule is CC(C)(O)c1cc(F)c(-c2cc(C(N)=O)c(Nc3ccnc(CN4CCOC4=O)n3)s2)c(F)c1. The number of aromatic nitrogens is 2. The van der Waals surface area contributed by atoms with Crippen LogP contribution in [0.4, 0.5) is 24.4 Å². The molecule has 0 saturated carbocycles. The molecule has 0 bridgehead atoms. The van der Waals surface area contributed by atoms with Crippen LogP contribution in [0.3, 0.4) is 0 Å². The Kier molecular flexibility index (Phi) is 6.19. The lowest BCUT2D eigenvalue weighted by Gasteiger charge is -2.18. The first-order chi connectivity index (χ1) is 16.0. The van der Waals surface area contributed by atoms with Gasteiger partial charge in [0.1, 0.15) is 34.9 Å². The van der Waals surface area contributed by atoms with Crippen LogP contribution in [-0.2, 0) is 16.9 Å². The van der Waals surface area contributed by atoms with Gasteiger partial charge in [0.15, 0.2) is 0 Å². The Balaban J connectivity index is 1.65. The molecule has 2 amide bonds. The fourth-order valence-corrected chi connectivity index (χ4v) is 4.47. The quantitative estimate of drug-likeness (QED) is 0.463. The van der Waals surface area contributed by atoms with E-state index in [4.69, 9.17) is 10.5 Å². The largest absolute Gasteiger partial charge is 0.448 e. The average molecular weight is 490 g/mol. The summed E-state index contributed by atoms with van der Waals surface area (Å²) in [4.78, 5) is 33.7. The Labute approximate surface area is 197 Å². The number of halogens is 2. The third-order valence-corrected chi connectivity index (χ3v) is 6.18. The number of benzene rings is 1. The number of amides is 2. The molecule has 12 heteroatoms. The molecule has 9 nitrogen and oxygen atoms in total. The molecule has 0 unspecified atom stereocenters. The third kappa shape index (κ3) is 4.82. The number of primary amides is 1. The van der Waals surface area contributed by atoms with Crippen LogP contribution in [0.2, 0.25) is 0 Å². The van der Waals surface area contributed by atoms with Gasteiger partial charge in [-0.15, -0.1) is 11.3 Å². The van der Waals surface area contributed by atoms with Crippen molar-refractivity contribution in [3.63, 3.8) is 0 Å². The molecule has 178 valence electrons. The van der Waals surface area contributed by atoms with Gasteiger partial charge in [0.25, 0.3) is 5.91 Å². The summed E-state index contributed by atoms with van der Waals surface area (Å²) in [6.07, 6.45) is 1.01. The molecule has 4 rings (SSSR count). The number of hydrogen-bond acceptors (Lipinski definition) is 8. The Hall–Kier alpha value is -3.64. The van der Waals surface area contributed by atoms with Crippen molar-refractivity contribution < 1.29 is 28.2 Å². The highest BCUT2D eigenvalue weighted by Gasteiger charge is 2.25. The van der Waals surface area contributed by atoms with Crippen molar-refractivity contribution in [2.75, 3.05) is 18.5 Å². The van der Waals surface area contributed by atoms with E-state index < -0.39 is 29.2 Å². The molecule has 0 radical (unpaired) electrons. The van der Waals surface area contributed by atoms with Crippen LogP contribution in [0.1, 0.15) is 35.6 Å². The first-order valence-electron chi connectivity index (χ1n) is 10.2. The zero-order valence-corrected chi connectivity index (χ0v) is 19.1. The second-order valence-electron chi connectivity index (χ2n) is 8.11. The number of nitrogens with zero attached hydrogens (tertiary/aromatic N) is 3. The Bertz CT molecular complexity index is 1250. The van der Waals surface area contributed by atoms with E-state index in [9.17, 15) is 23.5 Å². The van der Waals surface area contributed by atoms with Crippen LogP contribution in [0.5, 0.6) is 0 Å². The number of rotatable bonds is 7. The summed E-state index contributed by atoms with van der Waals surface area (Å²) >= 11 is 0.917. The van der Waals surface area contributed by atoms with Gasteiger partial charge in [0.05, 0.1) is 29.8 Å². The van der Waals surface area contributed by atoms with E-state index >= 15 is 0 Å². The summed E-state index contributed by atoms with van der Waals surface area (Å²) in [7, 11) is 0. The van der Waals surface area contributed by atoms with Gasteiger partial charge in [0, 0.05) is 11.1 Å². The molecule has 34 heavy (non-hydrogen) atoms. The summed E-state index contributed by atoms with van der Waals surface area (Å²) in [5.74, 6) is -1.94. The minimum Gasteiger partial charge on any atom is -0.448 e. The zero-order chi connectivity index (χ0) is 24.6. The Morgan fingerprint density at radius 3 is 2.62 bits per heavy atom. The smallest absolute Gasteiger partial charge is 0.410 e. The van der Waals surface area contributed by atoms with Crippen molar-refractivity contribution in [3.8, 4) is 10.4 Å². The van der Waals surface area contributed by atoms with Gasteiger partial charge < -0.3 is 20.9 Å². The third-order valence-electron chi connectivity index (χ3n) is 5.12. The number of nitrogens with two attached hydrogens (primary N) is 1. The highest BCUT2D eigenvalue weighted by Crippen LogP contribution is 2.40. The monoisotopic (exact) mass is 489 g/mol. The van der Waals surface area contributed by atoms with Crippen molar-refractivity contribution in [2.24, 2.45) is 5.73 Å². The number of anilines is 2. The Morgan fingerprint density at radius 2 is 2.03 bits per heavy atom. The van der Waals surface area contributed by atoms with E-state index in [-0.39, 0.29) is 33.1 Å². The van der Waals surface area contributed by atoms with E-state index in [1.807, 2.05) is 0 Å². The number of thiophene rings is 1. The minimum atomic E-state index is -1.43. The van der Waals surface area contributed by atoms with E-state index in [2.05, 4.69) is 15.3 Å². The fourth-order valence-electron chi connectivity index (χ4n) is 3.35. The van der Waals surface area contributed by atoms with Gasteiger partial charge in [-0.05, 0) is 43.7 Å². The summed E-state index contributed by atoms with van der Waals surface area (Å²) in [6, 6.07) is 4.93. The predicted molar refractivity (Wildman–Crippen MR) is 121 cm³/mol. The molecule has 1 saturated heterocycles. The summed E-state index contributed by atoms with van der Waals surface area (Å²) in [5.41, 5.74) is 3.81. The first-order valence-corrected chi connectivity index (χ1v) is 11.0. The number of cyclic esters (lactones) is 1. The molecule has 4 N–H and O–H groups in total. The highest BCUT2D eigenvalue weighted by molar-refractivity contribution is 7.20. The van der Waals surface area contributed by atoms with Gasteiger partial charge in [0.2, 0.25) is 0 Å². The number of nitrogens with one attached hydrogen (secondary N) is 1. The lowest BCUT2D eigenvalue weighted by atomic mass is 9.96. The molecular weight excluding hydrogens is 468 g/mol. The molecule has 0 aliphatic carbocycles. The van der Waals surface area contributed by atoms with Crippen LogP contribution in [0, 0.1) is 11.6 Å². The van der Waals surface area contributed by atoms with Crippen LogP contribution in [0.25, 0.3) is 10.4 Å². The topological polar surface area (TPSA) is 131 Å². The lowest BCUT2D eigenvalue weighted by Crippen LogP contribution is -2.24. The van der Waals surface area contributed by atoms with Gasteiger partial charge in [-0.1, -0.05) is 0 Å².